The lowest BCUT2D eigenvalue weighted by molar-refractivity contribution is -0.157. The van der Waals surface area contributed by atoms with Gasteiger partial charge in [0, 0.05) is 12.3 Å². The summed E-state index contributed by atoms with van der Waals surface area (Å²) in [5, 5.41) is 62.6. The van der Waals surface area contributed by atoms with E-state index in [0.29, 0.717) is 12.8 Å². The molecular weight excluding hydrogens is 1160 g/mol. The molecule has 0 radical (unpaired) electrons. The second-order valence-electron chi connectivity index (χ2n) is 23.0. The molecule has 31 nitrogen and oxygen atoms in total. The second-order valence-corrected chi connectivity index (χ2v) is 23.0. The highest BCUT2D eigenvalue weighted by Gasteiger charge is 2.42. The summed E-state index contributed by atoms with van der Waals surface area (Å²) in [6.45, 7) is 13.4. The number of cyclic esters (lactones) is 1. The number of primary amides is 1. The number of esters is 1. The molecule has 0 aliphatic carbocycles. The van der Waals surface area contributed by atoms with Crippen molar-refractivity contribution in [3.63, 3.8) is 0 Å². The van der Waals surface area contributed by atoms with Crippen molar-refractivity contribution >= 4 is 76.9 Å². The highest BCUT2D eigenvalue weighted by Crippen LogP contribution is 2.18. The van der Waals surface area contributed by atoms with Crippen LogP contribution in [0.5, 0.6) is 0 Å². The van der Waals surface area contributed by atoms with Crippen LogP contribution in [0.1, 0.15) is 113 Å². The summed E-state index contributed by atoms with van der Waals surface area (Å²) in [6, 6.07) is -7.57. The summed E-state index contributed by atoms with van der Waals surface area (Å²) >= 11 is 0. The van der Waals surface area contributed by atoms with Gasteiger partial charge in [0.15, 0.2) is 5.96 Å². The number of nitrogens with two attached hydrogens (primary N) is 2. The molecule has 0 bridgehead atoms. The largest absolute Gasteiger partial charge is 0.458 e. The molecular formula is C58H95N15O16. The van der Waals surface area contributed by atoms with Gasteiger partial charge in [-0.3, -0.25) is 57.7 Å². The Labute approximate surface area is 518 Å². The lowest BCUT2D eigenvalue weighted by Crippen LogP contribution is -2.64. The van der Waals surface area contributed by atoms with E-state index in [1.54, 1.807) is 48.6 Å². The smallest absolute Gasteiger partial charge is 0.329 e. The number of rotatable bonds is 32. The number of ether oxygens (including phenoxy) is 1. The van der Waals surface area contributed by atoms with Crippen LogP contribution in [0.3, 0.4) is 0 Å². The molecule has 0 spiro atoms. The first-order valence-electron chi connectivity index (χ1n) is 30.1. The Bertz CT molecular complexity index is 2650. The van der Waals surface area contributed by atoms with Crippen LogP contribution in [-0.4, -0.2) is 204 Å². The predicted molar refractivity (Wildman–Crippen MR) is 323 cm³/mol. The number of hydrogen-bond donors (Lipinski definition) is 17. The van der Waals surface area contributed by atoms with Crippen molar-refractivity contribution in [2.45, 2.75) is 199 Å². The van der Waals surface area contributed by atoms with Crippen molar-refractivity contribution in [1.82, 2.24) is 63.8 Å². The van der Waals surface area contributed by atoms with Gasteiger partial charge in [0.05, 0.1) is 37.9 Å². The first-order valence-corrected chi connectivity index (χ1v) is 30.1. The van der Waals surface area contributed by atoms with Crippen LogP contribution in [0.15, 0.2) is 35.3 Å². The molecule has 2 aliphatic rings. The second kappa shape index (κ2) is 36.5. The number of aliphatic hydroxyl groups is 3. The lowest BCUT2D eigenvalue weighted by Gasteiger charge is -2.32. The number of amides is 11. The molecule has 89 heavy (non-hydrogen) atoms. The minimum Gasteiger partial charge on any atom is -0.458 e. The molecule has 19 N–H and O–H groups in total. The summed E-state index contributed by atoms with van der Waals surface area (Å²) in [5.74, 6) is -14.2. The van der Waals surface area contributed by atoms with E-state index in [0.717, 1.165) is 5.56 Å². The molecule has 3 rings (SSSR count). The van der Waals surface area contributed by atoms with Crippen molar-refractivity contribution in [3.05, 3.63) is 35.9 Å². The fourth-order valence-corrected chi connectivity index (χ4v) is 9.50. The van der Waals surface area contributed by atoms with E-state index < -0.39 is 205 Å². The van der Waals surface area contributed by atoms with E-state index >= 15 is 0 Å². The number of benzene rings is 1. The summed E-state index contributed by atoms with van der Waals surface area (Å²) in [6.07, 6.45) is -2.56. The number of nitrogens with one attached hydrogen (secondary N) is 12. The molecule has 18 atom stereocenters. The third-order valence-electron chi connectivity index (χ3n) is 16.2. The van der Waals surface area contributed by atoms with Gasteiger partial charge < -0.3 is 95.3 Å². The van der Waals surface area contributed by atoms with Gasteiger partial charge in [0.1, 0.15) is 66.5 Å². The Kier molecular flexibility index (Phi) is 30.8. The molecule has 1 fully saturated rings. The first kappa shape index (κ1) is 75.2. The lowest BCUT2D eigenvalue weighted by atomic mass is 9.93. The van der Waals surface area contributed by atoms with Crippen LogP contribution >= 0.6 is 0 Å². The number of nitrogens with zero attached hydrogens (tertiary/aromatic N) is 1. The molecule has 1 aromatic rings. The Morgan fingerprint density at radius 2 is 1.17 bits per heavy atom. The molecule has 0 saturated carbocycles. The van der Waals surface area contributed by atoms with Crippen LogP contribution < -0.4 is 75.3 Å². The van der Waals surface area contributed by atoms with Gasteiger partial charge in [-0.15, -0.1) is 0 Å². The number of likely N-dealkylation sites (N-methyl/N-ethyl adjacent to an activating group) is 1. The van der Waals surface area contributed by atoms with E-state index in [1.165, 1.54) is 27.7 Å². The maximum absolute atomic E-state index is 14.4. The molecule has 498 valence electrons. The summed E-state index contributed by atoms with van der Waals surface area (Å²) < 4.78 is 5.71. The molecule has 11 amide bonds. The van der Waals surface area contributed by atoms with Crippen LogP contribution in [0.4, 0.5) is 0 Å². The van der Waals surface area contributed by atoms with Gasteiger partial charge in [-0.2, -0.15) is 0 Å². The highest BCUT2D eigenvalue weighted by molar-refractivity contribution is 6.00. The number of carbonyl (C=O) groups excluding carboxylic acids is 12. The fraction of sp³-hybridized carbons (Fsp3) is 0.672. The number of aliphatic hydroxyl groups excluding tert-OH is 3. The van der Waals surface area contributed by atoms with Crippen LogP contribution in [-0.2, 0) is 68.7 Å². The summed E-state index contributed by atoms with van der Waals surface area (Å²) in [7, 11) is 1.59. The van der Waals surface area contributed by atoms with Crippen molar-refractivity contribution < 1.29 is 77.6 Å². The number of aliphatic imine (C=N–C) groups is 1. The highest BCUT2D eigenvalue weighted by atomic mass is 16.5. The van der Waals surface area contributed by atoms with Crippen molar-refractivity contribution in [2.75, 3.05) is 26.8 Å². The van der Waals surface area contributed by atoms with E-state index in [-0.39, 0.29) is 31.8 Å². The van der Waals surface area contributed by atoms with E-state index in [4.69, 9.17) is 16.2 Å². The fourth-order valence-electron chi connectivity index (χ4n) is 9.50. The van der Waals surface area contributed by atoms with Gasteiger partial charge >= 0.3 is 5.97 Å². The molecule has 0 aromatic heterocycles. The van der Waals surface area contributed by atoms with Crippen molar-refractivity contribution in [2.24, 2.45) is 40.1 Å². The van der Waals surface area contributed by atoms with E-state index in [1.807, 2.05) is 30.3 Å². The normalized spacial score (nSPS) is 23.0. The van der Waals surface area contributed by atoms with Gasteiger partial charge in [-0.25, -0.2) is 4.79 Å². The van der Waals surface area contributed by atoms with E-state index in [9.17, 15) is 72.9 Å². The van der Waals surface area contributed by atoms with Gasteiger partial charge in [-0.05, 0) is 70.4 Å². The maximum atomic E-state index is 14.4. The van der Waals surface area contributed by atoms with Crippen molar-refractivity contribution in [1.29, 1.82) is 0 Å². The number of carbonyl (C=O) groups is 12. The van der Waals surface area contributed by atoms with Crippen LogP contribution in [0, 0.1) is 23.7 Å². The molecule has 1 aromatic carbocycles. The minimum atomic E-state index is -1.92. The zero-order valence-corrected chi connectivity index (χ0v) is 52.6. The Hall–Kier alpha value is -8.03. The minimum absolute atomic E-state index is 0.0253. The zero-order chi connectivity index (χ0) is 67.0. The van der Waals surface area contributed by atoms with Crippen molar-refractivity contribution in [3.8, 4) is 0 Å². The topological polar surface area (TPSA) is 484 Å². The number of guanidine groups is 1. The first-order chi connectivity index (χ1) is 41.9. The average Bonchev–Trinajstić information content (AvgIpc) is 3.39. The Morgan fingerprint density at radius 1 is 0.652 bits per heavy atom. The maximum Gasteiger partial charge on any atom is 0.329 e. The Morgan fingerprint density at radius 3 is 1.67 bits per heavy atom. The van der Waals surface area contributed by atoms with Crippen LogP contribution in [0.2, 0.25) is 0 Å². The SMILES string of the molecule is CC[C@H](C)[C@H](NC(=O)[C@@H](Cc1ccccc1)NC)C(=O)N[C@@H](CO)C(=O)N[C@H](CCC(N)=O)C(=O)N[C@@H](C(=O)N[C@H](C(=O)N[C@@H](CO)C(=O)N[C@H]1C(=O)N[C@@H](C)C(=O)N[C@@H](C[C@H]2CN=C(N)N2)C(=O)N[C@@H]([C@@H](C)CC)C(=O)O[C@H]1C)[C@@H](C)C(C)O)[C@@H](C)CC. The summed E-state index contributed by atoms with van der Waals surface area (Å²) in [4.78, 5) is 170. The Balaban J connectivity index is 1.87. The molecule has 1 saturated heterocycles. The predicted octanol–water partition coefficient (Wildman–Crippen LogP) is -5.29. The third-order valence-corrected chi connectivity index (χ3v) is 16.2. The zero-order valence-electron chi connectivity index (χ0n) is 52.6. The van der Waals surface area contributed by atoms with Gasteiger partial charge in [0.25, 0.3) is 0 Å². The molecule has 1 unspecified atom stereocenters. The average molecular weight is 1260 g/mol. The third kappa shape index (κ3) is 22.8. The monoisotopic (exact) mass is 1260 g/mol. The molecule has 31 heteroatoms. The quantitative estimate of drug-likeness (QED) is 0.0300. The number of hydrogen-bond acceptors (Lipinski definition) is 20. The molecule has 2 heterocycles. The molecule has 2 aliphatic heterocycles. The van der Waals surface area contributed by atoms with Crippen LogP contribution in [0.25, 0.3) is 0 Å². The van der Waals surface area contributed by atoms with Gasteiger partial charge in [-0.1, -0.05) is 98.1 Å². The standard InChI is InChI=1S/C58H95N15O16/c1-12-27(4)42(70-49(80)37(61-11)22-34-18-16-15-17-19-34)53(84)67-39(25-74)51(82)65-36(20-21-41(59)77)48(79)69-43(28(5)13-2)54(85)72-45(30(7)32(9)76)55(86)68-40(26-75)52(83)73-46-33(10)89-57(88)44(29(6)14-3)71-50(81)38(23-35-24-62-58(60)64-35)66-47(78)31(8)63-56(46)87/h15-19,27-33,35-40,42-46,61,74-76H,12-14,20-26H2,1-11H3,(H2,59,77)(H,63,87)(H,65,82)(H,66,78)(H,67,84)(H,68,86)(H,69,79)(H,70,80)(H,71,81)(H,72,85)(H,73,83)(H3,60,62,64)/t27-,28-,29-,30-,31-,32?,33-,35-,36+,37+,38-,39-,40-,42-,43+,44-,45-,46+/m0/s1. The summed E-state index contributed by atoms with van der Waals surface area (Å²) in [5.41, 5.74) is 12.1. The van der Waals surface area contributed by atoms with E-state index in [2.05, 4.69) is 68.8 Å². The van der Waals surface area contributed by atoms with Gasteiger partial charge in [0.2, 0.25) is 65.0 Å².